The van der Waals surface area contributed by atoms with E-state index in [0.717, 1.165) is 10.6 Å². The first-order valence-electron chi connectivity index (χ1n) is 16.2. The molecule has 5 amide bonds. The summed E-state index contributed by atoms with van der Waals surface area (Å²) in [6, 6.07) is 6.79. The molecule has 1 aliphatic rings. The van der Waals surface area contributed by atoms with E-state index < -0.39 is 29.9 Å². The van der Waals surface area contributed by atoms with E-state index in [-0.39, 0.29) is 69.1 Å². The molecule has 48 heavy (non-hydrogen) atoms. The second-order valence-corrected chi connectivity index (χ2v) is 13.4. The van der Waals surface area contributed by atoms with Gasteiger partial charge in [-0.25, -0.2) is 14.6 Å². The third-order valence-electron chi connectivity index (χ3n) is 7.92. The SMILES string of the molecule is Cc1nc2n(n1)CC(=O)NCCN(C(=O)Cc1csc(C)n1)CCCC(=O)N[C@@H](C)C(=O)N[C@H](Cc1ccccc1)C(=O)N[C@H]2C(C)C. The van der Waals surface area contributed by atoms with Gasteiger partial charge in [0.2, 0.25) is 29.5 Å². The van der Waals surface area contributed by atoms with Crippen molar-refractivity contribution in [3.8, 4) is 0 Å². The third-order valence-corrected chi connectivity index (χ3v) is 8.74. The highest BCUT2D eigenvalue weighted by Crippen LogP contribution is 2.21. The molecule has 1 aliphatic heterocycles. The number of amides is 5. The summed E-state index contributed by atoms with van der Waals surface area (Å²) in [4.78, 5) is 76.9. The van der Waals surface area contributed by atoms with Gasteiger partial charge in [0.25, 0.3) is 0 Å². The Kier molecular flexibility index (Phi) is 12.8. The van der Waals surface area contributed by atoms with E-state index in [4.69, 9.17) is 0 Å². The molecule has 0 aliphatic carbocycles. The number of aromatic nitrogens is 4. The standard InChI is InChI=1S/C33H45N9O5S/c1-20(2)30-31-36-22(4)40-42(31)18-28(44)34-13-15-41(29(45)17-25-19-48-23(5)37-25)14-9-12-27(43)35-21(3)32(46)38-26(33(47)39-30)16-24-10-7-6-8-11-24/h6-8,10-11,19-21,26,30H,9,12-18H2,1-5H3,(H,34,44)(H,35,43)(H,38,46)(H,39,47)/t21-,26+,30-/m0/s1. The Morgan fingerprint density at radius 2 is 1.73 bits per heavy atom. The van der Waals surface area contributed by atoms with Gasteiger partial charge in [-0.1, -0.05) is 44.2 Å². The Bertz CT molecular complexity index is 1590. The van der Waals surface area contributed by atoms with Crippen LogP contribution in [0, 0.1) is 19.8 Å². The quantitative estimate of drug-likeness (QED) is 0.312. The highest BCUT2D eigenvalue weighted by Gasteiger charge is 2.31. The number of thiazole rings is 1. The van der Waals surface area contributed by atoms with Gasteiger partial charge in [-0.05, 0) is 38.7 Å². The monoisotopic (exact) mass is 679 g/mol. The Labute approximate surface area is 284 Å². The van der Waals surface area contributed by atoms with E-state index in [0.29, 0.717) is 23.8 Å². The fourth-order valence-corrected chi connectivity index (χ4v) is 6.02. The van der Waals surface area contributed by atoms with E-state index in [1.807, 2.05) is 56.5 Å². The van der Waals surface area contributed by atoms with Crippen LogP contribution in [0.1, 0.15) is 67.6 Å². The van der Waals surface area contributed by atoms with Crippen LogP contribution in [-0.4, -0.2) is 85.9 Å². The molecule has 0 bridgehead atoms. The predicted octanol–water partition coefficient (Wildman–Crippen LogP) is 1.38. The van der Waals surface area contributed by atoms with Crippen LogP contribution in [0.5, 0.6) is 0 Å². The fourth-order valence-electron chi connectivity index (χ4n) is 5.41. The van der Waals surface area contributed by atoms with Gasteiger partial charge in [0.1, 0.15) is 24.5 Å². The van der Waals surface area contributed by atoms with Crippen molar-refractivity contribution in [2.45, 2.75) is 85.0 Å². The zero-order valence-electron chi connectivity index (χ0n) is 28.1. The molecular formula is C33H45N9O5S. The van der Waals surface area contributed by atoms with Gasteiger partial charge in [0, 0.05) is 37.9 Å². The van der Waals surface area contributed by atoms with Crippen LogP contribution < -0.4 is 21.3 Å². The number of rotatable bonds is 5. The summed E-state index contributed by atoms with van der Waals surface area (Å²) < 4.78 is 1.48. The Balaban J connectivity index is 1.59. The molecule has 1 aromatic carbocycles. The van der Waals surface area contributed by atoms with Crippen molar-refractivity contribution in [3.63, 3.8) is 0 Å². The highest BCUT2D eigenvalue weighted by atomic mass is 32.1. The van der Waals surface area contributed by atoms with Crippen molar-refractivity contribution in [1.29, 1.82) is 0 Å². The molecule has 2 aromatic heterocycles. The molecule has 0 unspecified atom stereocenters. The van der Waals surface area contributed by atoms with Crippen LogP contribution in [0.25, 0.3) is 0 Å². The zero-order chi connectivity index (χ0) is 34.8. The van der Waals surface area contributed by atoms with E-state index in [1.165, 1.54) is 16.0 Å². The molecule has 0 saturated carbocycles. The van der Waals surface area contributed by atoms with Gasteiger partial charge in [-0.2, -0.15) is 5.10 Å². The molecule has 3 heterocycles. The number of carbonyl (C=O) groups excluding carboxylic acids is 5. The fraction of sp³-hybridized carbons (Fsp3) is 0.515. The Hall–Kier alpha value is -4.66. The van der Waals surface area contributed by atoms with Gasteiger partial charge >= 0.3 is 0 Å². The molecular weight excluding hydrogens is 634 g/mol. The first-order chi connectivity index (χ1) is 22.9. The molecule has 0 fully saturated rings. The van der Waals surface area contributed by atoms with Crippen molar-refractivity contribution in [2.24, 2.45) is 5.92 Å². The lowest BCUT2D eigenvalue weighted by Crippen LogP contribution is -2.54. The zero-order valence-corrected chi connectivity index (χ0v) is 28.9. The maximum atomic E-state index is 13.8. The van der Waals surface area contributed by atoms with E-state index >= 15 is 0 Å². The average molecular weight is 680 g/mol. The van der Waals surface area contributed by atoms with Crippen molar-refractivity contribution >= 4 is 40.9 Å². The maximum absolute atomic E-state index is 13.8. The number of hydrogen-bond acceptors (Lipinski definition) is 9. The van der Waals surface area contributed by atoms with Gasteiger partial charge in [-0.3, -0.25) is 24.0 Å². The molecule has 3 aromatic rings. The minimum atomic E-state index is -0.965. The number of nitrogens with one attached hydrogen (secondary N) is 4. The average Bonchev–Trinajstić information content (AvgIpc) is 3.61. The Morgan fingerprint density at radius 3 is 2.42 bits per heavy atom. The molecule has 4 N–H and O–H groups in total. The molecule has 3 atom stereocenters. The highest BCUT2D eigenvalue weighted by molar-refractivity contribution is 7.09. The van der Waals surface area contributed by atoms with Crippen molar-refractivity contribution in [3.05, 3.63) is 63.6 Å². The molecule has 0 radical (unpaired) electrons. The lowest BCUT2D eigenvalue weighted by Gasteiger charge is -2.27. The molecule has 0 saturated heterocycles. The summed E-state index contributed by atoms with van der Waals surface area (Å²) in [5.41, 5.74) is 1.51. The van der Waals surface area contributed by atoms with Crippen molar-refractivity contribution in [1.82, 2.24) is 45.9 Å². The second kappa shape index (κ2) is 16.9. The van der Waals surface area contributed by atoms with Gasteiger partial charge in [-0.15, -0.1) is 11.3 Å². The number of carbonyl (C=O) groups is 5. The lowest BCUT2D eigenvalue weighted by atomic mass is 10.0. The maximum Gasteiger partial charge on any atom is 0.243 e. The number of hydrogen-bond donors (Lipinski definition) is 4. The Morgan fingerprint density at radius 1 is 0.979 bits per heavy atom. The van der Waals surface area contributed by atoms with Crippen LogP contribution in [-0.2, 0) is 43.4 Å². The third kappa shape index (κ3) is 10.4. The molecule has 15 heteroatoms. The number of aryl methyl sites for hydroxylation is 2. The van der Waals surface area contributed by atoms with Crippen LogP contribution in [0.15, 0.2) is 35.7 Å². The summed E-state index contributed by atoms with van der Waals surface area (Å²) in [6.45, 7) is 9.50. The van der Waals surface area contributed by atoms with Crippen molar-refractivity contribution in [2.75, 3.05) is 19.6 Å². The minimum Gasteiger partial charge on any atom is -0.353 e. The summed E-state index contributed by atoms with van der Waals surface area (Å²) in [5.74, 6) is -1.13. The topological polar surface area (TPSA) is 180 Å². The molecule has 258 valence electrons. The first kappa shape index (κ1) is 36.2. The molecule has 14 nitrogen and oxygen atoms in total. The first-order valence-corrected chi connectivity index (χ1v) is 17.1. The smallest absolute Gasteiger partial charge is 0.243 e. The number of fused-ring (bicyclic) bond motifs is 1. The van der Waals surface area contributed by atoms with Crippen LogP contribution in [0.4, 0.5) is 0 Å². The van der Waals surface area contributed by atoms with E-state index in [1.54, 1.807) is 18.7 Å². The van der Waals surface area contributed by atoms with Crippen molar-refractivity contribution < 1.29 is 24.0 Å². The number of nitrogens with zero attached hydrogens (tertiary/aromatic N) is 5. The van der Waals surface area contributed by atoms with Crippen LogP contribution in [0.3, 0.4) is 0 Å². The van der Waals surface area contributed by atoms with Crippen LogP contribution in [0.2, 0.25) is 0 Å². The second-order valence-electron chi connectivity index (χ2n) is 12.3. The van der Waals surface area contributed by atoms with Gasteiger partial charge in [0.15, 0.2) is 5.82 Å². The van der Waals surface area contributed by atoms with Crippen LogP contribution >= 0.6 is 11.3 Å². The molecule has 4 rings (SSSR count). The summed E-state index contributed by atoms with van der Waals surface area (Å²) in [7, 11) is 0. The predicted molar refractivity (Wildman–Crippen MR) is 180 cm³/mol. The molecule has 0 spiro atoms. The van der Waals surface area contributed by atoms with E-state index in [9.17, 15) is 24.0 Å². The summed E-state index contributed by atoms with van der Waals surface area (Å²) in [5, 5.41) is 18.6. The summed E-state index contributed by atoms with van der Waals surface area (Å²) in [6.07, 6.45) is 0.729. The lowest BCUT2D eigenvalue weighted by molar-refractivity contribution is -0.133. The van der Waals surface area contributed by atoms with E-state index in [2.05, 4.69) is 36.3 Å². The minimum absolute atomic E-state index is 0.0714. The summed E-state index contributed by atoms with van der Waals surface area (Å²) >= 11 is 1.46. The normalized spacial score (nSPS) is 20.7. The number of benzene rings is 1. The van der Waals surface area contributed by atoms with Gasteiger partial charge < -0.3 is 26.2 Å². The largest absolute Gasteiger partial charge is 0.353 e. The van der Waals surface area contributed by atoms with Gasteiger partial charge in [0.05, 0.1) is 23.2 Å².